The monoisotopic (exact) mass is 232 g/mol. The Kier molecular flexibility index (Phi) is 2.63. The molecule has 0 fully saturated rings. The van der Waals surface area contributed by atoms with Gasteiger partial charge in [0.2, 0.25) is 0 Å². The molecule has 2 aromatic rings. The molecular weight excluding hydrogens is 220 g/mol. The highest BCUT2D eigenvalue weighted by atomic mass is 16.4. The number of hydrogen-bond donors (Lipinski definition) is 1. The van der Waals surface area contributed by atoms with E-state index < -0.39 is 5.97 Å². The summed E-state index contributed by atoms with van der Waals surface area (Å²) < 4.78 is 1.44. The van der Waals surface area contributed by atoms with E-state index in [9.17, 15) is 4.79 Å². The van der Waals surface area contributed by atoms with Crippen LogP contribution >= 0.6 is 0 Å². The third-order valence-corrected chi connectivity index (χ3v) is 2.46. The van der Waals surface area contributed by atoms with Gasteiger partial charge in [-0.1, -0.05) is 0 Å². The predicted octanol–water partition coefficient (Wildman–Crippen LogP) is 1.29. The number of carboxylic acids is 1. The largest absolute Gasteiger partial charge is 0.478 e. The molecule has 0 spiro atoms. The van der Waals surface area contributed by atoms with Crippen LogP contribution in [-0.2, 0) is 0 Å². The Hall–Kier alpha value is -2.24. The van der Waals surface area contributed by atoms with Crippen molar-refractivity contribution in [2.75, 3.05) is 0 Å². The zero-order valence-corrected chi connectivity index (χ0v) is 9.80. The van der Waals surface area contributed by atoms with Gasteiger partial charge in [0.25, 0.3) is 5.95 Å². The number of carboxylic acid groups (broad SMARTS) is 1. The standard InChI is InChI=1S/C11H12N4O2/c1-6-4-12-11(13-5-6)15-8(3)9(10(16)17)7(2)14-15/h4-5H,1-3H3,(H,16,17). The van der Waals surface area contributed by atoms with Crippen molar-refractivity contribution < 1.29 is 9.90 Å². The van der Waals surface area contributed by atoms with Gasteiger partial charge < -0.3 is 5.11 Å². The van der Waals surface area contributed by atoms with Crippen molar-refractivity contribution in [3.8, 4) is 5.95 Å². The van der Waals surface area contributed by atoms with E-state index in [2.05, 4.69) is 15.1 Å². The van der Waals surface area contributed by atoms with Gasteiger partial charge in [-0.15, -0.1) is 0 Å². The second-order valence-electron chi connectivity index (χ2n) is 3.82. The first-order valence-corrected chi connectivity index (χ1v) is 5.09. The molecule has 0 aliphatic heterocycles. The number of aryl methyl sites for hydroxylation is 2. The molecule has 17 heavy (non-hydrogen) atoms. The van der Waals surface area contributed by atoms with Gasteiger partial charge >= 0.3 is 5.97 Å². The van der Waals surface area contributed by atoms with E-state index in [-0.39, 0.29) is 5.56 Å². The molecular formula is C11H12N4O2. The molecule has 0 unspecified atom stereocenters. The number of rotatable bonds is 2. The van der Waals surface area contributed by atoms with Gasteiger partial charge in [0.1, 0.15) is 5.56 Å². The van der Waals surface area contributed by atoms with Crippen molar-refractivity contribution in [3.05, 3.63) is 34.9 Å². The van der Waals surface area contributed by atoms with Crippen LogP contribution in [0.1, 0.15) is 27.3 Å². The van der Waals surface area contributed by atoms with Gasteiger partial charge in [0.05, 0.1) is 11.4 Å². The van der Waals surface area contributed by atoms with Crippen LogP contribution in [0, 0.1) is 20.8 Å². The van der Waals surface area contributed by atoms with E-state index >= 15 is 0 Å². The fraction of sp³-hybridized carbons (Fsp3) is 0.273. The van der Waals surface area contributed by atoms with Crippen LogP contribution in [0.3, 0.4) is 0 Å². The van der Waals surface area contributed by atoms with E-state index in [0.717, 1.165) is 5.56 Å². The highest BCUT2D eigenvalue weighted by Gasteiger charge is 2.19. The Morgan fingerprint density at radius 1 is 1.24 bits per heavy atom. The second kappa shape index (κ2) is 3.97. The Bertz CT molecular complexity index is 572. The molecule has 0 aliphatic carbocycles. The smallest absolute Gasteiger partial charge is 0.339 e. The average molecular weight is 232 g/mol. The van der Waals surface area contributed by atoms with E-state index in [0.29, 0.717) is 17.3 Å². The van der Waals surface area contributed by atoms with Crippen molar-refractivity contribution in [1.82, 2.24) is 19.7 Å². The van der Waals surface area contributed by atoms with Gasteiger partial charge in [0.15, 0.2) is 0 Å². The maximum absolute atomic E-state index is 11.0. The summed E-state index contributed by atoms with van der Waals surface area (Å²) >= 11 is 0. The summed E-state index contributed by atoms with van der Waals surface area (Å²) in [7, 11) is 0. The summed E-state index contributed by atoms with van der Waals surface area (Å²) in [5.41, 5.74) is 2.13. The van der Waals surface area contributed by atoms with Crippen LogP contribution in [0.25, 0.3) is 5.95 Å². The van der Waals surface area contributed by atoms with E-state index in [4.69, 9.17) is 5.11 Å². The lowest BCUT2D eigenvalue weighted by atomic mass is 10.2. The maximum Gasteiger partial charge on any atom is 0.339 e. The van der Waals surface area contributed by atoms with Crippen LogP contribution in [0.2, 0.25) is 0 Å². The number of hydrogen-bond acceptors (Lipinski definition) is 4. The van der Waals surface area contributed by atoms with Gasteiger partial charge in [-0.25, -0.2) is 19.4 Å². The Morgan fingerprint density at radius 3 is 2.29 bits per heavy atom. The van der Waals surface area contributed by atoms with Crippen molar-refractivity contribution in [1.29, 1.82) is 0 Å². The molecule has 2 heterocycles. The summed E-state index contributed by atoms with van der Waals surface area (Å²) in [5.74, 6) is -0.609. The molecule has 2 rings (SSSR count). The number of nitrogens with zero attached hydrogens (tertiary/aromatic N) is 4. The van der Waals surface area contributed by atoms with Crippen molar-refractivity contribution in [2.45, 2.75) is 20.8 Å². The number of carbonyl (C=O) groups is 1. The normalized spacial score (nSPS) is 10.5. The molecule has 0 bridgehead atoms. The van der Waals surface area contributed by atoms with Crippen LogP contribution in [0.4, 0.5) is 0 Å². The number of aromatic nitrogens is 4. The third-order valence-electron chi connectivity index (χ3n) is 2.46. The zero-order chi connectivity index (χ0) is 12.6. The van der Waals surface area contributed by atoms with Crippen LogP contribution in [0.5, 0.6) is 0 Å². The molecule has 88 valence electrons. The maximum atomic E-state index is 11.0. The molecule has 0 saturated carbocycles. The van der Waals surface area contributed by atoms with Gasteiger partial charge in [-0.3, -0.25) is 0 Å². The zero-order valence-electron chi connectivity index (χ0n) is 9.80. The number of aromatic carboxylic acids is 1. The predicted molar refractivity (Wildman–Crippen MR) is 60.3 cm³/mol. The van der Waals surface area contributed by atoms with Crippen LogP contribution < -0.4 is 0 Å². The first-order valence-electron chi connectivity index (χ1n) is 5.09. The second-order valence-corrected chi connectivity index (χ2v) is 3.82. The summed E-state index contributed by atoms with van der Waals surface area (Å²) in [5, 5.41) is 13.2. The van der Waals surface area contributed by atoms with Crippen molar-refractivity contribution in [3.63, 3.8) is 0 Å². The first kappa shape index (κ1) is 11.3. The molecule has 0 atom stereocenters. The lowest BCUT2D eigenvalue weighted by molar-refractivity contribution is 0.0695. The Morgan fingerprint density at radius 2 is 1.82 bits per heavy atom. The Balaban J connectivity index is 2.57. The molecule has 6 heteroatoms. The minimum Gasteiger partial charge on any atom is -0.478 e. The van der Waals surface area contributed by atoms with E-state index in [1.165, 1.54) is 4.68 Å². The summed E-state index contributed by atoms with van der Waals surface area (Å²) in [6.07, 6.45) is 3.33. The molecule has 1 N–H and O–H groups in total. The fourth-order valence-electron chi connectivity index (χ4n) is 1.64. The molecule has 0 saturated heterocycles. The van der Waals surface area contributed by atoms with Crippen LogP contribution in [0.15, 0.2) is 12.4 Å². The first-order chi connectivity index (χ1) is 8.00. The molecule has 0 aromatic carbocycles. The molecule has 0 radical (unpaired) electrons. The van der Waals surface area contributed by atoms with E-state index in [1.54, 1.807) is 26.2 Å². The van der Waals surface area contributed by atoms with E-state index in [1.807, 2.05) is 6.92 Å². The minimum absolute atomic E-state index is 0.203. The summed E-state index contributed by atoms with van der Waals surface area (Å²) in [6.45, 7) is 5.22. The van der Waals surface area contributed by atoms with Crippen molar-refractivity contribution in [2.24, 2.45) is 0 Å². The highest BCUT2D eigenvalue weighted by Crippen LogP contribution is 2.15. The Labute approximate surface area is 98.0 Å². The summed E-state index contributed by atoms with van der Waals surface area (Å²) in [6, 6.07) is 0. The summed E-state index contributed by atoms with van der Waals surface area (Å²) in [4.78, 5) is 19.3. The molecule has 2 aromatic heterocycles. The highest BCUT2D eigenvalue weighted by molar-refractivity contribution is 5.90. The topological polar surface area (TPSA) is 80.9 Å². The average Bonchev–Trinajstić information content (AvgIpc) is 2.55. The SMILES string of the molecule is Cc1cnc(-n2nc(C)c(C(=O)O)c2C)nc1. The van der Waals surface area contributed by atoms with Gasteiger partial charge in [0, 0.05) is 12.4 Å². The molecule has 6 nitrogen and oxygen atoms in total. The minimum atomic E-state index is -0.988. The van der Waals surface area contributed by atoms with Gasteiger partial charge in [-0.2, -0.15) is 5.10 Å². The fourth-order valence-corrected chi connectivity index (χ4v) is 1.64. The third kappa shape index (κ3) is 1.89. The van der Waals surface area contributed by atoms with Crippen molar-refractivity contribution >= 4 is 5.97 Å². The molecule has 0 amide bonds. The quantitative estimate of drug-likeness (QED) is 0.843. The lowest BCUT2D eigenvalue weighted by Gasteiger charge is -2.02. The lowest BCUT2D eigenvalue weighted by Crippen LogP contribution is -2.06. The van der Waals surface area contributed by atoms with Gasteiger partial charge in [-0.05, 0) is 26.3 Å². The molecule has 0 aliphatic rings. The van der Waals surface area contributed by atoms with Crippen LogP contribution in [-0.4, -0.2) is 30.8 Å².